The smallest absolute Gasteiger partial charge is 0.427 e. The Labute approximate surface area is 111 Å². The van der Waals surface area contributed by atoms with Crippen molar-refractivity contribution in [3.05, 3.63) is 17.7 Å². The maximum atomic E-state index is 10.9. The van der Waals surface area contributed by atoms with Crippen LogP contribution in [0.4, 0.5) is 4.79 Å². The van der Waals surface area contributed by atoms with Crippen molar-refractivity contribution in [1.82, 2.24) is 5.43 Å². The van der Waals surface area contributed by atoms with Gasteiger partial charge in [-0.3, -0.25) is 0 Å². The fourth-order valence-electron chi connectivity index (χ4n) is 1.36. The number of hydrazone groups is 1. The number of carbonyl (C=O) groups is 1. The fourth-order valence-corrected chi connectivity index (χ4v) is 1.36. The molecule has 1 aromatic rings. The minimum absolute atomic E-state index is 0.506. The molecule has 1 aromatic carbocycles. The summed E-state index contributed by atoms with van der Waals surface area (Å²) < 4.78 is 19.9. The summed E-state index contributed by atoms with van der Waals surface area (Å²) in [5.41, 5.74) is 2.75. The molecule has 0 aromatic heterocycles. The second kappa shape index (κ2) is 7.10. The van der Waals surface area contributed by atoms with Crippen molar-refractivity contribution in [2.45, 2.75) is 0 Å². The molecule has 1 amide bonds. The van der Waals surface area contributed by atoms with Gasteiger partial charge in [0.1, 0.15) is 17.2 Å². The first-order chi connectivity index (χ1) is 9.15. The first-order valence-electron chi connectivity index (χ1n) is 5.33. The van der Waals surface area contributed by atoms with Crippen LogP contribution in [0, 0.1) is 0 Å². The highest BCUT2D eigenvalue weighted by molar-refractivity contribution is 5.88. The number of nitrogens with zero attached hydrogens (tertiary/aromatic N) is 1. The predicted octanol–water partition coefficient (Wildman–Crippen LogP) is 1.40. The highest BCUT2D eigenvalue weighted by Crippen LogP contribution is 2.32. The summed E-state index contributed by atoms with van der Waals surface area (Å²) in [6.07, 6.45) is 0.733. The van der Waals surface area contributed by atoms with Crippen LogP contribution in [0.5, 0.6) is 17.2 Å². The molecule has 0 saturated carbocycles. The van der Waals surface area contributed by atoms with Gasteiger partial charge < -0.3 is 18.9 Å². The predicted molar refractivity (Wildman–Crippen MR) is 69.2 cm³/mol. The number of methoxy groups -OCH3 is 4. The van der Waals surface area contributed by atoms with E-state index in [9.17, 15) is 4.79 Å². The maximum absolute atomic E-state index is 10.9. The van der Waals surface area contributed by atoms with E-state index in [0.717, 1.165) is 0 Å². The number of ether oxygens (including phenoxy) is 4. The van der Waals surface area contributed by atoms with Crippen LogP contribution in [-0.2, 0) is 4.74 Å². The standard InChI is InChI=1S/C12H16N2O5/c1-16-8-5-10(17-2)9(11(6-8)18-3)7-13-14-12(15)19-4/h5-7H,1-4H3,(H,14,15). The molecule has 0 radical (unpaired) electrons. The summed E-state index contributed by atoms with van der Waals surface area (Å²) in [7, 11) is 5.82. The Bertz CT molecular complexity index is 448. The lowest BCUT2D eigenvalue weighted by atomic mass is 10.2. The minimum Gasteiger partial charge on any atom is -0.496 e. The van der Waals surface area contributed by atoms with E-state index >= 15 is 0 Å². The number of carbonyl (C=O) groups excluding carboxylic acids is 1. The first-order valence-corrected chi connectivity index (χ1v) is 5.33. The molecule has 0 atom stereocenters. The SMILES string of the molecule is COC(=O)NN=Cc1c(OC)cc(OC)cc1OC. The Morgan fingerprint density at radius 1 is 1.11 bits per heavy atom. The zero-order valence-corrected chi connectivity index (χ0v) is 11.2. The molecule has 104 valence electrons. The zero-order chi connectivity index (χ0) is 14.3. The van der Waals surface area contributed by atoms with Gasteiger partial charge in [0.25, 0.3) is 0 Å². The van der Waals surface area contributed by atoms with E-state index in [1.807, 2.05) is 0 Å². The number of benzene rings is 1. The second-order valence-electron chi connectivity index (χ2n) is 3.31. The van der Waals surface area contributed by atoms with Crippen molar-refractivity contribution < 1.29 is 23.7 Å². The van der Waals surface area contributed by atoms with E-state index in [2.05, 4.69) is 15.3 Å². The summed E-state index contributed by atoms with van der Waals surface area (Å²) in [6, 6.07) is 3.37. The lowest BCUT2D eigenvalue weighted by molar-refractivity contribution is 0.171. The van der Waals surface area contributed by atoms with Crippen LogP contribution in [0.2, 0.25) is 0 Å². The summed E-state index contributed by atoms with van der Waals surface area (Å²) in [6.45, 7) is 0. The Morgan fingerprint density at radius 3 is 2.11 bits per heavy atom. The summed E-state index contributed by atoms with van der Waals surface area (Å²) in [5, 5.41) is 3.73. The van der Waals surface area contributed by atoms with E-state index in [1.54, 1.807) is 19.2 Å². The second-order valence-corrected chi connectivity index (χ2v) is 3.31. The largest absolute Gasteiger partial charge is 0.496 e. The Kier molecular flexibility index (Phi) is 5.46. The molecule has 0 bridgehead atoms. The lowest BCUT2D eigenvalue weighted by Gasteiger charge is -2.11. The molecule has 0 aliphatic carbocycles. The number of rotatable bonds is 5. The summed E-state index contributed by atoms with van der Waals surface area (Å²) >= 11 is 0. The van der Waals surface area contributed by atoms with E-state index in [0.29, 0.717) is 22.8 Å². The van der Waals surface area contributed by atoms with Gasteiger partial charge in [-0.25, -0.2) is 10.2 Å². The molecular formula is C12H16N2O5. The van der Waals surface area contributed by atoms with Crippen LogP contribution in [0.3, 0.4) is 0 Å². The zero-order valence-electron chi connectivity index (χ0n) is 11.2. The molecule has 0 aliphatic rings. The third-order valence-electron chi connectivity index (χ3n) is 2.29. The van der Waals surface area contributed by atoms with Crippen LogP contribution in [-0.4, -0.2) is 40.7 Å². The molecule has 0 heterocycles. The number of hydrogen-bond donors (Lipinski definition) is 1. The van der Waals surface area contributed by atoms with Crippen molar-refractivity contribution in [2.75, 3.05) is 28.4 Å². The van der Waals surface area contributed by atoms with E-state index in [4.69, 9.17) is 14.2 Å². The van der Waals surface area contributed by atoms with Gasteiger partial charge >= 0.3 is 6.09 Å². The third kappa shape index (κ3) is 3.77. The number of nitrogens with one attached hydrogen (secondary N) is 1. The minimum atomic E-state index is -0.664. The van der Waals surface area contributed by atoms with Gasteiger partial charge in [-0.15, -0.1) is 0 Å². The highest BCUT2D eigenvalue weighted by Gasteiger charge is 2.11. The van der Waals surface area contributed by atoms with Gasteiger partial charge in [0.05, 0.1) is 40.2 Å². The van der Waals surface area contributed by atoms with Crippen LogP contribution in [0.25, 0.3) is 0 Å². The topological polar surface area (TPSA) is 78.4 Å². The molecule has 7 nitrogen and oxygen atoms in total. The molecule has 0 aliphatic heterocycles. The van der Waals surface area contributed by atoms with Crippen LogP contribution in [0.1, 0.15) is 5.56 Å². The average molecular weight is 268 g/mol. The molecule has 0 saturated heterocycles. The highest BCUT2D eigenvalue weighted by atomic mass is 16.5. The average Bonchev–Trinajstić information content (AvgIpc) is 2.46. The molecule has 0 unspecified atom stereocenters. The van der Waals surface area contributed by atoms with Crippen LogP contribution in [0.15, 0.2) is 17.2 Å². The van der Waals surface area contributed by atoms with Gasteiger partial charge in [0.15, 0.2) is 0 Å². The monoisotopic (exact) mass is 268 g/mol. The molecular weight excluding hydrogens is 252 g/mol. The Morgan fingerprint density at radius 2 is 1.68 bits per heavy atom. The van der Waals surface area contributed by atoms with Crippen LogP contribution >= 0.6 is 0 Å². The van der Waals surface area contributed by atoms with Crippen LogP contribution < -0.4 is 19.6 Å². The lowest BCUT2D eigenvalue weighted by Crippen LogP contribution is -2.16. The number of hydrogen-bond acceptors (Lipinski definition) is 6. The molecule has 19 heavy (non-hydrogen) atoms. The maximum Gasteiger partial charge on any atom is 0.427 e. The van der Waals surface area contributed by atoms with Crippen molar-refractivity contribution in [3.8, 4) is 17.2 Å². The van der Waals surface area contributed by atoms with Crippen molar-refractivity contribution in [3.63, 3.8) is 0 Å². The van der Waals surface area contributed by atoms with E-state index in [1.165, 1.54) is 27.5 Å². The number of amides is 1. The molecule has 0 fully saturated rings. The van der Waals surface area contributed by atoms with E-state index in [-0.39, 0.29) is 0 Å². The van der Waals surface area contributed by atoms with Crippen molar-refractivity contribution >= 4 is 12.3 Å². The quantitative estimate of drug-likeness (QED) is 0.645. The molecule has 1 N–H and O–H groups in total. The first kappa shape index (κ1) is 14.6. The Hall–Kier alpha value is -2.44. The van der Waals surface area contributed by atoms with Crippen molar-refractivity contribution in [1.29, 1.82) is 0 Å². The normalized spacial score (nSPS) is 10.1. The van der Waals surface area contributed by atoms with Gasteiger partial charge in [-0.2, -0.15) is 5.10 Å². The van der Waals surface area contributed by atoms with E-state index < -0.39 is 6.09 Å². The van der Waals surface area contributed by atoms with Gasteiger partial charge in [0.2, 0.25) is 0 Å². The summed E-state index contributed by atoms with van der Waals surface area (Å²) in [4.78, 5) is 10.9. The molecule has 7 heteroatoms. The molecule has 1 rings (SSSR count). The van der Waals surface area contributed by atoms with Gasteiger partial charge in [-0.05, 0) is 0 Å². The molecule has 0 spiro atoms. The van der Waals surface area contributed by atoms with Gasteiger partial charge in [0, 0.05) is 12.1 Å². The van der Waals surface area contributed by atoms with Crippen molar-refractivity contribution in [2.24, 2.45) is 5.10 Å². The third-order valence-corrected chi connectivity index (χ3v) is 2.29. The summed E-state index contributed by atoms with van der Waals surface area (Å²) in [5.74, 6) is 1.60. The van der Waals surface area contributed by atoms with Gasteiger partial charge in [-0.1, -0.05) is 0 Å². The fraction of sp³-hybridized carbons (Fsp3) is 0.333. The Balaban J connectivity index is 3.06.